The maximum Gasteiger partial charge on any atom is 0.352 e. The van der Waals surface area contributed by atoms with Crippen LogP contribution < -0.4 is 11.0 Å². The molecule has 1 unspecified atom stereocenters. The summed E-state index contributed by atoms with van der Waals surface area (Å²) in [5.74, 6) is 0.375. The first kappa shape index (κ1) is 17.1. The molecular weight excluding hydrogens is 374 g/mol. The molecule has 4 aromatic rings. The van der Waals surface area contributed by atoms with Crippen LogP contribution in [0.3, 0.4) is 0 Å². The number of rotatable bonds is 3. The number of aromatic nitrogens is 4. The molecule has 0 radical (unpaired) electrons. The van der Waals surface area contributed by atoms with E-state index in [4.69, 9.17) is 0 Å². The molecule has 7 nitrogen and oxygen atoms in total. The highest BCUT2D eigenvalue weighted by Gasteiger charge is 2.24. The SMILES string of the molecule is CC1CCc2c(sc3ncn4c(=O)n(CC(=O)Nc5ccccc5)nc4c23)C1. The van der Waals surface area contributed by atoms with Crippen LogP contribution in [0.25, 0.3) is 15.9 Å². The predicted octanol–water partition coefficient (Wildman–Crippen LogP) is 2.87. The molecule has 1 aliphatic carbocycles. The molecule has 1 amide bonds. The minimum Gasteiger partial charge on any atom is -0.324 e. The molecule has 0 bridgehead atoms. The van der Waals surface area contributed by atoms with Gasteiger partial charge in [0.25, 0.3) is 0 Å². The van der Waals surface area contributed by atoms with Crippen LogP contribution in [0.1, 0.15) is 23.8 Å². The second-order valence-electron chi connectivity index (χ2n) is 7.32. The van der Waals surface area contributed by atoms with Crippen LogP contribution in [-0.4, -0.2) is 25.1 Å². The van der Waals surface area contributed by atoms with Crippen LogP contribution >= 0.6 is 11.3 Å². The van der Waals surface area contributed by atoms with E-state index < -0.39 is 0 Å². The molecule has 0 fully saturated rings. The van der Waals surface area contributed by atoms with Crippen molar-refractivity contribution in [3.05, 3.63) is 57.6 Å². The van der Waals surface area contributed by atoms with Crippen molar-refractivity contribution in [3.8, 4) is 0 Å². The largest absolute Gasteiger partial charge is 0.352 e. The minimum atomic E-state index is -0.350. The standard InChI is InChI=1S/C20H19N5O2S/c1-12-7-8-14-15(9-12)28-19-17(14)18-23-25(20(27)24(18)11-21-19)10-16(26)22-13-5-3-2-4-6-13/h2-6,11-12H,7-10H2,1H3,(H,22,26). The van der Waals surface area contributed by atoms with Gasteiger partial charge in [0.2, 0.25) is 5.91 Å². The first-order chi connectivity index (χ1) is 13.6. The molecule has 0 spiro atoms. The molecule has 8 heteroatoms. The molecule has 1 atom stereocenters. The lowest BCUT2D eigenvalue weighted by Gasteiger charge is -2.17. The summed E-state index contributed by atoms with van der Waals surface area (Å²) in [5.41, 5.74) is 2.20. The van der Waals surface area contributed by atoms with E-state index in [1.54, 1.807) is 23.5 Å². The van der Waals surface area contributed by atoms with Crippen molar-refractivity contribution < 1.29 is 4.79 Å². The Labute approximate surface area is 164 Å². The molecular formula is C20H19N5O2S. The van der Waals surface area contributed by atoms with Gasteiger partial charge in [0, 0.05) is 10.6 Å². The molecule has 5 rings (SSSR count). The van der Waals surface area contributed by atoms with Crippen LogP contribution in [0.5, 0.6) is 0 Å². The van der Waals surface area contributed by atoms with E-state index in [0.29, 0.717) is 17.3 Å². The number of carbonyl (C=O) groups excluding carboxylic acids is 1. The monoisotopic (exact) mass is 393 g/mol. The Morgan fingerprint density at radius 2 is 2.14 bits per heavy atom. The fraction of sp³-hybridized carbons (Fsp3) is 0.300. The van der Waals surface area contributed by atoms with Crippen LogP contribution in [0.4, 0.5) is 5.69 Å². The Morgan fingerprint density at radius 3 is 2.96 bits per heavy atom. The fourth-order valence-electron chi connectivity index (χ4n) is 3.82. The number of para-hydroxylation sites is 1. The summed E-state index contributed by atoms with van der Waals surface area (Å²) < 4.78 is 2.66. The van der Waals surface area contributed by atoms with Crippen LogP contribution in [-0.2, 0) is 24.2 Å². The lowest BCUT2D eigenvalue weighted by Crippen LogP contribution is -2.28. The first-order valence-corrected chi connectivity index (χ1v) is 10.1. The van der Waals surface area contributed by atoms with Crippen molar-refractivity contribution >= 4 is 38.8 Å². The van der Waals surface area contributed by atoms with Gasteiger partial charge in [0.1, 0.15) is 17.7 Å². The lowest BCUT2D eigenvalue weighted by atomic mass is 9.89. The van der Waals surface area contributed by atoms with E-state index >= 15 is 0 Å². The van der Waals surface area contributed by atoms with Gasteiger partial charge in [-0.3, -0.25) is 4.79 Å². The van der Waals surface area contributed by atoms with Gasteiger partial charge in [-0.05, 0) is 42.9 Å². The van der Waals surface area contributed by atoms with E-state index in [1.807, 2.05) is 18.2 Å². The number of anilines is 1. The summed E-state index contributed by atoms with van der Waals surface area (Å²) in [7, 11) is 0. The number of nitrogens with zero attached hydrogens (tertiary/aromatic N) is 4. The maximum absolute atomic E-state index is 12.7. The zero-order chi connectivity index (χ0) is 19.3. The zero-order valence-corrected chi connectivity index (χ0v) is 16.2. The normalized spacial score (nSPS) is 16.4. The second kappa shape index (κ2) is 6.56. The van der Waals surface area contributed by atoms with Gasteiger partial charge in [-0.1, -0.05) is 25.1 Å². The minimum absolute atomic E-state index is 0.139. The number of thiophene rings is 1. The van der Waals surface area contributed by atoms with Gasteiger partial charge in [0.05, 0.1) is 5.39 Å². The molecule has 142 valence electrons. The number of hydrogen-bond donors (Lipinski definition) is 1. The average Bonchev–Trinajstić information content (AvgIpc) is 3.19. The van der Waals surface area contributed by atoms with Crippen LogP contribution in [0.15, 0.2) is 41.5 Å². The van der Waals surface area contributed by atoms with E-state index in [9.17, 15) is 9.59 Å². The molecule has 1 aliphatic rings. The second-order valence-corrected chi connectivity index (χ2v) is 8.41. The molecule has 28 heavy (non-hydrogen) atoms. The van der Waals surface area contributed by atoms with Crippen molar-refractivity contribution in [2.45, 2.75) is 32.7 Å². The zero-order valence-electron chi connectivity index (χ0n) is 15.4. The summed E-state index contributed by atoms with van der Waals surface area (Å²) in [5, 5.41) is 8.25. The number of benzene rings is 1. The van der Waals surface area contributed by atoms with E-state index in [0.717, 1.165) is 29.5 Å². The maximum atomic E-state index is 12.7. The van der Waals surface area contributed by atoms with E-state index in [2.05, 4.69) is 22.3 Å². The van der Waals surface area contributed by atoms with E-state index in [-0.39, 0.29) is 18.1 Å². The van der Waals surface area contributed by atoms with Crippen LogP contribution in [0.2, 0.25) is 0 Å². The topological polar surface area (TPSA) is 81.3 Å². The number of aryl methyl sites for hydroxylation is 1. The third kappa shape index (κ3) is 2.80. The van der Waals surface area contributed by atoms with E-state index in [1.165, 1.54) is 25.9 Å². The van der Waals surface area contributed by atoms with Gasteiger partial charge < -0.3 is 5.32 Å². The number of amides is 1. The van der Waals surface area contributed by atoms with Crippen molar-refractivity contribution in [2.75, 3.05) is 5.32 Å². The molecule has 3 heterocycles. The Balaban J connectivity index is 1.54. The van der Waals surface area contributed by atoms with Crippen molar-refractivity contribution in [1.29, 1.82) is 0 Å². The summed E-state index contributed by atoms with van der Waals surface area (Å²) >= 11 is 1.69. The molecule has 1 N–H and O–H groups in total. The fourth-order valence-corrected chi connectivity index (χ4v) is 5.17. The quantitative estimate of drug-likeness (QED) is 0.580. The average molecular weight is 393 g/mol. The molecule has 0 aliphatic heterocycles. The van der Waals surface area contributed by atoms with Crippen molar-refractivity contribution in [2.24, 2.45) is 5.92 Å². The molecule has 0 saturated heterocycles. The van der Waals surface area contributed by atoms with Crippen molar-refractivity contribution in [1.82, 2.24) is 19.2 Å². The third-order valence-electron chi connectivity index (χ3n) is 5.23. The highest BCUT2D eigenvalue weighted by molar-refractivity contribution is 7.19. The predicted molar refractivity (Wildman–Crippen MR) is 109 cm³/mol. The number of fused-ring (bicyclic) bond motifs is 5. The highest BCUT2D eigenvalue weighted by Crippen LogP contribution is 2.38. The van der Waals surface area contributed by atoms with Gasteiger partial charge in [-0.15, -0.1) is 16.4 Å². The Hall–Kier alpha value is -3.00. The summed E-state index contributed by atoms with van der Waals surface area (Å²) in [6.45, 7) is 2.13. The Kier molecular flexibility index (Phi) is 4.01. The summed E-state index contributed by atoms with van der Waals surface area (Å²) in [4.78, 5) is 31.9. The summed E-state index contributed by atoms with van der Waals surface area (Å²) in [6.07, 6.45) is 4.68. The van der Waals surface area contributed by atoms with Gasteiger partial charge >= 0.3 is 5.69 Å². The number of carbonyl (C=O) groups is 1. The molecule has 3 aromatic heterocycles. The summed E-state index contributed by atoms with van der Waals surface area (Å²) in [6, 6.07) is 9.17. The van der Waals surface area contributed by atoms with Crippen LogP contribution in [0, 0.1) is 5.92 Å². The Bertz CT molecular complexity index is 1250. The highest BCUT2D eigenvalue weighted by atomic mass is 32.1. The number of nitrogens with one attached hydrogen (secondary N) is 1. The first-order valence-electron chi connectivity index (χ1n) is 9.33. The van der Waals surface area contributed by atoms with Crippen molar-refractivity contribution in [3.63, 3.8) is 0 Å². The third-order valence-corrected chi connectivity index (χ3v) is 6.39. The van der Waals surface area contributed by atoms with Gasteiger partial charge in [0.15, 0.2) is 5.65 Å². The number of hydrogen-bond acceptors (Lipinski definition) is 5. The Morgan fingerprint density at radius 1 is 1.32 bits per heavy atom. The van der Waals surface area contributed by atoms with Gasteiger partial charge in [-0.25, -0.2) is 18.9 Å². The smallest absolute Gasteiger partial charge is 0.324 e. The molecule has 1 aromatic carbocycles. The lowest BCUT2D eigenvalue weighted by molar-refractivity contribution is -0.117. The molecule has 0 saturated carbocycles. The van der Waals surface area contributed by atoms with Gasteiger partial charge in [-0.2, -0.15) is 0 Å².